The zero-order chi connectivity index (χ0) is 16.9. The van der Waals surface area contributed by atoms with Gasteiger partial charge in [0.2, 0.25) is 0 Å². The van der Waals surface area contributed by atoms with Crippen LogP contribution in [0.15, 0.2) is 23.8 Å². The Morgan fingerprint density at radius 3 is 3.00 bits per heavy atom. The number of fused-ring (bicyclic) bond motifs is 1. The topological polar surface area (TPSA) is 67.3 Å². The third-order valence-electron chi connectivity index (χ3n) is 4.10. The molecule has 1 atom stereocenters. The fraction of sp³-hybridized carbons (Fsp3) is 0.471. The number of rotatable bonds is 5. The van der Waals surface area contributed by atoms with E-state index in [4.69, 9.17) is 4.74 Å². The van der Waals surface area contributed by atoms with Crippen LogP contribution in [0, 0.1) is 0 Å². The molecule has 0 aliphatic carbocycles. The van der Waals surface area contributed by atoms with Crippen molar-refractivity contribution in [2.75, 3.05) is 32.1 Å². The normalized spacial score (nSPS) is 15.5. The van der Waals surface area contributed by atoms with Crippen molar-refractivity contribution in [3.05, 3.63) is 40.0 Å². The van der Waals surface area contributed by atoms with Gasteiger partial charge in [-0.2, -0.15) is 0 Å². The highest BCUT2D eigenvalue weighted by Gasteiger charge is 2.23. The van der Waals surface area contributed by atoms with Crippen LogP contribution in [0.1, 0.15) is 27.9 Å². The van der Waals surface area contributed by atoms with E-state index in [0.29, 0.717) is 19.7 Å². The van der Waals surface area contributed by atoms with E-state index >= 15 is 0 Å². The molecular formula is C17H22N4O2S. The van der Waals surface area contributed by atoms with Gasteiger partial charge in [-0.25, -0.2) is 9.97 Å². The summed E-state index contributed by atoms with van der Waals surface area (Å²) in [5, 5.41) is 5.33. The summed E-state index contributed by atoms with van der Waals surface area (Å²) in [6, 6.07) is 3.96. The third kappa shape index (κ3) is 3.73. The standard InChI is InChI=1S/C17H22N4O2S/c1-12(10-23-2)20-16-13-5-7-21(8-6-14(13)18-11-19-16)17(22)15-4-3-9-24-15/h3-4,9,11-12H,5-8,10H2,1-2H3,(H,18,19,20). The van der Waals surface area contributed by atoms with Crippen molar-refractivity contribution < 1.29 is 9.53 Å². The van der Waals surface area contributed by atoms with E-state index < -0.39 is 0 Å². The largest absolute Gasteiger partial charge is 0.383 e. The molecule has 0 fully saturated rings. The first-order valence-electron chi connectivity index (χ1n) is 8.10. The molecule has 0 spiro atoms. The zero-order valence-electron chi connectivity index (χ0n) is 14.0. The molecule has 3 heterocycles. The van der Waals surface area contributed by atoms with Crippen LogP contribution in [0.4, 0.5) is 5.82 Å². The van der Waals surface area contributed by atoms with E-state index in [1.807, 2.05) is 22.4 Å². The number of ether oxygens (including phenoxy) is 1. The summed E-state index contributed by atoms with van der Waals surface area (Å²) in [6.07, 6.45) is 3.11. The molecule has 0 bridgehead atoms. The van der Waals surface area contributed by atoms with Gasteiger partial charge in [0.1, 0.15) is 12.1 Å². The number of amides is 1. The molecule has 2 aromatic rings. The summed E-state index contributed by atoms with van der Waals surface area (Å²) in [6.45, 7) is 4.04. The van der Waals surface area contributed by atoms with Gasteiger partial charge in [-0.3, -0.25) is 4.79 Å². The van der Waals surface area contributed by atoms with Gasteiger partial charge in [0, 0.05) is 38.2 Å². The van der Waals surface area contributed by atoms with Gasteiger partial charge >= 0.3 is 0 Å². The van der Waals surface area contributed by atoms with Crippen LogP contribution >= 0.6 is 11.3 Å². The predicted octanol–water partition coefficient (Wildman–Crippen LogP) is 2.23. The SMILES string of the molecule is COCC(C)Nc1ncnc2c1CCN(C(=O)c1cccs1)CC2. The summed E-state index contributed by atoms with van der Waals surface area (Å²) in [5.41, 5.74) is 2.14. The molecule has 6 nitrogen and oxygen atoms in total. The van der Waals surface area contributed by atoms with Gasteiger partial charge in [-0.15, -0.1) is 11.3 Å². The van der Waals surface area contributed by atoms with Crippen LogP contribution in [-0.4, -0.2) is 53.6 Å². The second-order valence-corrected chi connectivity index (χ2v) is 6.87. The summed E-state index contributed by atoms with van der Waals surface area (Å²) in [7, 11) is 1.69. The Balaban J connectivity index is 1.74. The van der Waals surface area contributed by atoms with E-state index in [9.17, 15) is 4.79 Å². The number of hydrogen-bond acceptors (Lipinski definition) is 6. The Hall–Kier alpha value is -1.99. The first-order chi connectivity index (χ1) is 11.7. The number of nitrogens with zero attached hydrogens (tertiary/aromatic N) is 3. The molecule has 7 heteroatoms. The number of carbonyl (C=O) groups is 1. The number of hydrogen-bond donors (Lipinski definition) is 1. The Morgan fingerprint density at radius 2 is 2.25 bits per heavy atom. The molecule has 1 amide bonds. The summed E-state index contributed by atoms with van der Waals surface area (Å²) >= 11 is 1.49. The molecule has 1 unspecified atom stereocenters. The van der Waals surface area contributed by atoms with Crippen LogP contribution in [0.5, 0.6) is 0 Å². The van der Waals surface area contributed by atoms with E-state index in [1.54, 1.807) is 13.4 Å². The number of nitrogens with one attached hydrogen (secondary N) is 1. The summed E-state index contributed by atoms with van der Waals surface area (Å²) < 4.78 is 5.18. The van der Waals surface area contributed by atoms with Crippen molar-refractivity contribution in [1.82, 2.24) is 14.9 Å². The van der Waals surface area contributed by atoms with E-state index in [2.05, 4.69) is 22.2 Å². The van der Waals surface area contributed by atoms with Crippen molar-refractivity contribution in [3.63, 3.8) is 0 Å². The van der Waals surface area contributed by atoms with Gasteiger partial charge in [-0.05, 0) is 24.8 Å². The molecule has 0 saturated carbocycles. The van der Waals surface area contributed by atoms with Gasteiger partial charge in [-0.1, -0.05) is 6.07 Å². The molecular weight excluding hydrogens is 324 g/mol. The molecule has 3 rings (SSSR count). The lowest BCUT2D eigenvalue weighted by Gasteiger charge is -2.19. The Bertz CT molecular complexity index is 690. The minimum atomic E-state index is 0.105. The lowest BCUT2D eigenvalue weighted by atomic mass is 10.1. The van der Waals surface area contributed by atoms with Crippen molar-refractivity contribution in [2.45, 2.75) is 25.8 Å². The minimum absolute atomic E-state index is 0.105. The average molecular weight is 346 g/mol. The van der Waals surface area contributed by atoms with Crippen molar-refractivity contribution >= 4 is 23.1 Å². The summed E-state index contributed by atoms with van der Waals surface area (Å²) in [4.78, 5) is 24.1. The number of aromatic nitrogens is 2. The predicted molar refractivity (Wildman–Crippen MR) is 94.6 cm³/mol. The second-order valence-electron chi connectivity index (χ2n) is 5.92. The van der Waals surface area contributed by atoms with Gasteiger partial charge in [0.25, 0.3) is 5.91 Å². The number of methoxy groups -OCH3 is 1. The molecule has 0 radical (unpaired) electrons. The fourth-order valence-corrected chi connectivity index (χ4v) is 3.63. The second kappa shape index (κ2) is 7.72. The highest BCUT2D eigenvalue weighted by molar-refractivity contribution is 7.12. The van der Waals surface area contributed by atoms with Gasteiger partial charge < -0.3 is 15.0 Å². The van der Waals surface area contributed by atoms with E-state index in [1.165, 1.54) is 11.3 Å². The molecule has 24 heavy (non-hydrogen) atoms. The Labute approximate surface area is 145 Å². The zero-order valence-corrected chi connectivity index (χ0v) is 14.8. The maximum absolute atomic E-state index is 12.6. The third-order valence-corrected chi connectivity index (χ3v) is 4.96. The Kier molecular flexibility index (Phi) is 5.42. The summed E-state index contributed by atoms with van der Waals surface area (Å²) in [5.74, 6) is 0.961. The van der Waals surface area contributed by atoms with Crippen LogP contribution in [0.2, 0.25) is 0 Å². The number of thiophene rings is 1. The molecule has 1 aliphatic rings. The lowest BCUT2D eigenvalue weighted by molar-refractivity contribution is 0.0768. The quantitative estimate of drug-likeness (QED) is 0.899. The highest BCUT2D eigenvalue weighted by atomic mass is 32.1. The van der Waals surface area contributed by atoms with Crippen LogP contribution in [0.25, 0.3) is 0 Å². The van der Waals surface area contributed by atoms with E-state index in [0.717, 1.165) is 34.8 Å². The van der Waals surface area contributed by atoms with Crippen LogP contribution in [-0.2, 0) is 17.6 Å². The smallest absolute Gasteiger partial charge is 0.263 e. The fourth-order valence-electron chi connectivity index (χ4n) is 2.93. The highest BCUT2D eigenvalue weighted by Crippen LogP contribution is 2.22. The van der Waals surface area contributed by atoms with E-state index in [-0.39, 0.29) is 11.9 Å². The number of anilines is 1. The van der Waals surface area contributed by atoms with Crippen LogP contribution < -0.4 is 5.32 Å². The van der Waals surface area contributed by atoms with Crippen molar-refractivity contribution in [3.8, 4) is 0 Å². The maximum atomic E-state index is 12.6. The lowest BCUT2D eigenvalue weighted by Crippen LogP contribution is -2.32. The molecule has 0 aromatic carbocycles. The molecule has 0 saturated heterocycles. The minimum Gasteiger partial charge on any atom is -0.383 e. The average Bonchev–Trinajstić information content (AvgIpc) is 3.02. The number of carbonyl (C=O) groups excluding carboxylic acids is 1. The Morgan fingerprint density at radius 1 is 1.42 bits per heavy atom. The first-order valence-corrected chi connectivity index (χ1v) is 8.98. The molecule has 1 N–H and O–H groups in total. The van der Waals surface area contributed by atoms with Crippen molar-refractivity contribution in [1.29, 1.82) is 0 Å². The monoisotopic (exact) mass is 346 g/mol. The molecule has 2 aromatic heterocycles. The van der Waals surface area contributed by atoms with Gasteiger partial charge in [0.05, 0.1) is 17.2 Å². The first kappa shape index (κ1) is 16.9. The van der Waals surface area contributed by atoms with Crippen LogP contribution in [0.3, 0.4) is 0 Å². The molecule has 1 aliphatic heterocycles. The maximum Gasteiger partial charge on any atom is 0.263 e. The van der Waals surface area contributed by atoms with Gasteiger partial charge in [0.15, 0.2) is 0 Å². The molecule has 128 valence electrons. The van der Waals surface area contributed by atoms with Crippen molar-refractivity contribution in [2.24, 2.45) is 0 Å².